The summed E-state index contributed by atoms with van der Waals surface area (Å²) >= 11 is 0. The second kappa shape index (κ2) is 8.10. The number of halogens is 1. The van der Waals surface area contributed by atoms with Gasteiger partial charge in [-0.05, 0) is 37.3 Å². The molecule has 0 fully saturated rings. The van der Waals surface area contributed by atoms with Gasteiger partial charge in [0.1, 0.15) is 17.3 Å². The second-order valence-electron chi connectivity index (χ2n) is 5.84. The van der Waals surface area contributed by atoms with Crippen molar-refractivity contribution in [2.24, 2.45) is 5.10 Å². The number of ketones is 1. The summed E-state index contributed by atoms with van der Waals surface area (Å²) in [5.41, 5.74) is 3.50. The van der Waals surface area contributed by atoms with Gasteiger partial charge >= 0.3 is 0 Å². The number of benzene rings is 2. The Morgan fingerprint density at radius 2 is 1.89 bits per heavy atom. The highest BCUT2D eigenvalue weighted by Crippen LogP contribution is 2.22. The van der Waals surface area contributed by atoms with E-state index in [0.29, 0.717) is 17.1 Å². The smallest absolute Gasteiger partial charge is 0.274 e. The standard InChI is InChI=1S/C21H14FN3O3/c1-13(26)15-3-5-16(6-4-15)20-9-7-17(28-20)12-24-25-21(27)18-8-2-14(11-23)10-19(18)22/h2-10,12H,1H3,(H,25,27)/b24-12-. The average Bonchev–Trinajstić information content (AvgIpc) is 3.16. The fraction of sp³-hybridized carbons (Fsp3) is 0.0476. The van der Waals surface area contributed by atoms with Crippen LogP contribution in [0.1, 0.15) is 39.0 Å². The van der Waals surface area contributed by atoms with Crippen molar-refractivity contribution in [3.8, 4) is 17.4 Å². The molecule has 0 bridgehead atoms. The molecule has 1 heterocycles. The zero-order valence-electron chi connectivity index (χ0n) is 14.8. The molecule has 3 aromatic rings. The van der Waals surface area contributed by atoms with Crippen molar-refractivity contribution in [2.45, 2.75) is 6.92 Å². The lowest BCUT2D eigenvalue weighted by Crippen LogP contribution is -2.19. The minimum atomic E-state index is -0.805. The Kier molecular flexibility index (Phi) is 5.42. The number of furan rings is 1. The van der Waals surface area contributed by atoms with Crippen LogP contribution in [0.2, 0.25) is 0 Å². The fourth-order valence-electron chi connectivity index (χ4n) is 2.43. The van der Waals surface area contributed by atoms with Gasteiger partial charge < -0.3 is 4.42 Å². The topological polar surface area (TPSA) is 95.5 Å². The molecule has 0 aliphatic carbocycles. The maximum absolute atomic E-state index is 13.8. The van der Waals surface area contributed by atoms with Crippen molar-refractivity contribution >= 4 is 17.9 Å². The number of nitrogens with one attached hydrogen (secondary N) is 1. The van der Waals surface area contributed by atoms with Gasteiger partial charge in [0.15, 0.2) is 5.78 Å². The predicted molar refractivity (Wildman–Crippen MR) is 100 cm³/mol. The molecule has 0 saturated carbocycles. The Bertz CT molecular complexity index is 1110. The fourth-order valence-corrected chi connectivity index (χ4v) is 2.43. The van der Waals surface area contributed by atoms with Crippen molar-refractivity contribution in [1.29, 1.82) is 5.26 Å². The van der Waals surface area contributed by atoms with Gasteiger partial charge in [-0.3, -0.25) is 9.59 Å². The zero-order chi connectivity index (χ0) is 20.1. The Labute approximate surface area is 159 Å². The molecule has 0 spiro atoms. The van der Waals surface area contributed by atoms with Gasteiger partial charge in [0.05, 0.1) is 23.4 Å². The van der Waals surface area contributed by atoms with E-state index >= 15 is 0 Å². The third-order valence-corrected chi connectivity index (χ3v) is 3.90. The number of Topliss-reactive ketones (excluding diaryl/α,β-unsaturated/α-hetero) is 1. The van der Waals surface area contributed by atoms with Crippen molar-refractivity contribution in [2.75, 3.05) is 0 Å². The highest BCUT2D eigenvalue weighted by molar-refractivity contribution is 5.95. The van der Waals surface area contributed by atoms with Gasteiger partial charge in [-0.25, -0.2) is 9.82 Å². The number of hydrogen-bond acceptors (Lipinski definition) is 5. The summed E-state index contributed by atoms with van der Waals surface area (Å²) < 4.78 is 19.4. The van der Waals surface area contributed by atoms with E-state index in [4.69, 9.17) is 9.68 Å². The van der Waals surface area contributed by atoms with Gasteiger partial charge in [0.2, 0.25) is 0 Å². The van der Waals surface area contributed by atoms with E-state index in [-0.39, 0.29) is 16.9 Å². The summed E-state index contributed by atoms with van der Waals surface area (Å²) in [6.45, 7) is 1.49. The van der Waals surface area contributed by atoms with E-state index in [1.54, 1.807) is 42.5 Å². The monoisotopic (exact) mass is 375 g/mol. The normalized spacial score (nSPS) is 10.6. The molecule has 0 aliphatic heterocycles. The first-order valence-electron chi connectivity index (χ1n) is 8.22. The van der Waals surface area contributed by atoms with Crippen LogP contribution in [0.4, 0.5) is 4.39 Å². The predicted octanol–water partition coefficient (Wildman–Crippen LogP) is 3.92. The van der Waals surface area contributed by atoms with Crippen LogP contribution in [0.15, 0.2) is 64.1 Å². The minimum absolute atomic E-state index is 0.0201. The SMILES string of the molecule is CC(=O)c1ccc(-c2ccc(/C=N\NC(=O)c3ccc(C#N)cc3F)o2)cc1. The first-order chi connectivity index (χ1) is 13.5. The van der Waals surface area contributed by atoms with E-state index in [9.17, 15) is 14.0 Å². The third-order valence-electron chi connectivity index (χ3n) is 3.90. The summed E-state index contributed by atoms with van der Waals surface area (Å²) in [5, 5.41) is 12.5. The summed E-state index contributed by atoms with van der Waals surface area (Å²) in [6.07, 6.45) is 1.28. The first kappa shape index (κ1) is 18.7. The van der Waals surface area contributed by atoms with Crippen molar-refractivity contribution in [3.63, 3.8) is 0 Å². The second-order valence-corrected chi connectivity index (χ2v) is 5.84. The van der Waals surface area contributed by atoms with Crippen LogP contribution >= 0.6 is 0 Å². The van der Waals surface area contributed by atoms with Crippen LogP contribution in [0.25, 0.3) is 11.3 Å². The molecule has 6 nitrogen and oxygen atoms in total. The molecule has 7 heteroatoms. The van der Waals surface area contributed by atoms with Crippen LogP contribution in [-0.4, -0.2) is 17.9 Å². The summed E-state index contributed by atoms with van der Waals surface area (Å²) in [4.78, 5) is 23.3. The molecular formula is C21H14FN3O3. The number of amides is 1. The van der Waals surface area contributed by atoms with Gasteiger partial charge in [0.25, 0.3) is 5.91 Å². The lowest BCUT2D eigenvalue weighted by atomic mass is 10.1. The lowest BCUT2D eigenvalue weighted by Gasteiger charge is -2.01. The van der Waals surface area contributed by atoms with Gasteiger partial charge in [-0.1, -0.05) is 24.3 Å². The average molecular weight is 375 g/mol. The molecule has 138 valence electrons. The number of nitriles is 1. The van der Waals surface area contributed by atoms with Crippen LogP contribution in [0.5, 0.6) is 0 Å². The van der Waals surface area contributed by atoms with Crippen molar-refractivity contribution in [3.05, 3.63) is 82.9 Å². The molecule has 0 radical (unpaired) electrons. The molecule has 0 unspecified atom stereocenters. The minimum Gasteiger partial charge on any atom is -0.455 e. The van der Waals surface area contributed by atoms with Gasteiger partial charge in [0, 0.05) is 11.1 Å². The number of carbonyl (C=O) groups is 2. The summed E-state index contributed by atoms with van der Waals surface area (Å²) in [5.74, 6) is -0.619. The maximum Gasteiger partial charge on any atom is 0.274 e. The van der Waals surface area contributed by atoms with E-state index < -0.39 is 11.7 Å². The van der Waals surface area contributed by atoms with Gasteiger partial charge in [-0.15, -0.1) is 0 Å². The number of rotatable bonds is 5. The van der Waals surface area contributed by atoms with E-state index in [1.807, 2.05) is 0 Å². The van der Waals surface area contributed by atoms with Crippen LogP contribution in [0, 0.1) is 17.1 Å². The molecule has 0 saturated heterocycles. The molecule has 3 rings (SSSR count). The number of nitrogens with zero attached hydrogens (tertiary/aromatic N) is 2. The lowest BCUT2D eigenvalue weighted by molar-refractivity contribution is 0.0950. The van der Waals surface area contributed by atoms with E-state index in [0.717, 1.165) is 11.6 Å². The Hall–Kier alpha value is -4.05. The molecule has 1 aromatic heterocycles. The number of hydrogen-bond donors (Lipinski definition) is 1. The van der Waals surface area contributed by atoms with E-state index in [2.05, 4.69) is 10.5 Å². The molecule has 1 N–H and O–H groups in total. The number of carbonyl (C=O) groups excluding carboxylic acids is 2. The molecular weight excluding hydrogens is 361 g/mol. The molecule has 28 heavy (non-hydrogen) atoms. The molecule has 1 amide bonds. The third kappa shape index (κ3) is 4.19. The maximum atomic E-state index is 13.8. The zero-order valence-corrected chi connectivity index (χ0v) is 14.8. The molecule has 2 aromatic carbocycles. The van der Waals surface area contributed by atoms with Crippen molar-refractivity contribution < 1.29 is 18.4 Å². The molecule has 0 atom stereocenters. The highest BCUT2D eigenvalue weighted by Gasteiger charge is 2.11. The highest BCUT2D eigenvalue weighted by atomic mass is 19.1. The first-order valence-corrected chi connectivity index (χ1v) is 8.22. The summed E-state index contributed by atoms with van der Waals surface area (Å²) in [7, 11) is 0. The van der Waals surface area contributed by atoms with Crippen LogP contribution in [-0.2, 0) is 0 Å². The largest absolute Gasteiger partial charge is 0.455 e. The van der Waals surface area contributed by atoms with Crippen LogP contribution < -0.4 is 5.43 Å². The quantitative estimate of drug-likeness (QED) is 0.415. The molecule has 0 aliphatic rings. The Balaban J connectivity index is 1.66. The van der Waals surface area contributed by atoms with Gasteiger partial charge in [-0.2, -0.15) is 10.4 Å². The van der Waals surface area contributed by atoms with Crippen LogP contribution in [0.3, 0.4) is 0 Å². The van der Waals surface area contributed by atoms with E-state index in [1.165, 1.54) is 25.3 Å². The van der Waals surface area contributed by atoms with Crippen molar-refractivity contribution in [1.82, 2.24) is 5.43 Å². The Morgan fingerprint density at radius 3 is 2.54 bits per heavy atom. The Morgan fingerprint density at radius 1 is 1.14 bits per heavy atom. The number of hydrazone groups is 1. The summed E-state index contributed by atoms with van der Waals surface area (Å²) in [6, 6.07) is 15.7.